The van der Waals surface area contributed by atoms with Crippen LogP contribution in [0.25, 0.3) is 0 Å². The van der Waals surface area contributed by atoms with Gasteiger partial charge in [0.15, 0.2) is 0 Å². The van der Waals surface area contributed by atoms with Crippen LogP contribution in [0.3, 0.4) is 0 Å². The van der Waals surface area contributed by atoms with E-state index in [0.29, 0.717) is 24.9 Å². The SMILES string of the molecule is CC(C)[C@H](NC(=O)[C@H](CC(N)=O)NC(=O)[C@H](CCC(=O)O)NC(=O)[C@H](CO)NC(=O)[C@H](C)NC(=O)[C@@H](N)CCCCN)C(=O)NCC(=O)N[C@H](C(=O)N[C@@H](Cc1ccc(O)cc1)C(=O)N[C@H](C(=O)N[C@@H](CO)C(=O)O)C(C)C)[C@@H](C)O. The van der Waals surface area contributed by atoms with E-state index in [2.05, 4.69) is 53.2 Å². The third-order valence-corrected chi connectivity index (χ3v) is 12.0. The van der Waals surface area contributed by atoms with Gasteiger partial charge in [0.25, 0.3) is 0 Å². The number of aromatic hydroxyl groups is 1. The van der Waals surface area contributed by atoms with Crippen molar-refractivity contribution in [1.82, 2.24) is 53.2 Å². The molecule has 0 spiro atoms. The minimum absolute atomic E-state index is 0.141. The third kappa shape index (κ3) is 25.7. The average molecular weight is 1150 g/mol. The number of aliphatic carboxylic acids is 2. The Bertz CT molecular complexity index is 2360. The molecule has 11 atom stereocenters. The van der Waals surface area contributed by atoms with Gasteiger partial charge in [0.2, 0.25) is 65.0 Å². The molecule has 0 aliphatic carbocycles. The van der Waals surface area contributed by atoms with Crippen molar-refractivity contribution in [2.45, 2.75) is 153 Å². The molecule has 22 N–H and O–H groups in total. The van der Waals surface area contributed by atoms with Crippen LogP contribution in [0.15, 0.2) is 24.3 Å². The summed E-state index contributed by atoms with van der Waals surface area (Å²) in [7, 11) is 0. The Hall–Kier alpha value is -8.07. The lowest BCUT2D eigenvalue weighted by atomic mass is 10.00. The van der Waals surface area contributed by atoms with E-state index in [4.69, 9.17) is 17.2 Å². The summed E-state index contributed by atoms with van der Waals surface area (Å²) in [5.41, 5.74) is 17.1. The van der Waals surface area contributed by atoms with Crippen molar-refractivity contribution >= 4 is 76.9 Å². The summed E-state index contributed by atoms with van der Waals surface area (Å²) in [6.07, 6.45) is -2.90. The fraction of sp³-hybridized carbons (Fsp3) is 0.612. The summed E-state index contributed by atoms with van der Waals surface area (Å²) < 4.78 is 0. The number of unbranched alkanes of at least 4 members (excludes halogenated alkanes) is 1. The quantitative estimate of drug-likeness (QED) is 0.0275. The van der Waals surface area contributed by atoms with Crippen molar-refractivity contribution < 1.29 is 93.0 Å². The predicted molar refractivity (Wildman–Crippen MR) is 283 cm³/mol. The van der Waals surface area contributed by atoms with Crippen molar-refractivity contribution in [3.63, 3.8) is 0 Å². The Morgan fingerprint density at radius 3 is 1.52 bits per heavy atom. The zero-order valence-corrected chi connectivity index (χ0v) is 45.8. The van der Waals surface area contributed by atoms with Gasteiger partial charge < -0.3 is 101 Å². The molecule has 1 aromatic carbocycles. The molecule has 0 bridgehead atoms. The molecule has 0 unspecified atom stereocenters. The molecule has 81 heavy (non-hydrogen) atoms. The molecular formula is C49H79N13O19. The van der Waals surface area contributed by atoms with Crippen molar-refractivity contribution in [3.05, 3.63) is 29.8 Å². The van der Waals surface area contributed by atoms with Crippen LogP contribution in [0, 0.1) is 11.8 Å². The zero-order chi connectivity index (χ0) is 61.8. The largest absolute Gasteiger partial charge is 0.508 e. The number of phenols is 1. The van der Waals surface area contributed by atoms with Gasteiger partial charge in [-0.3, -0.25) is 57.5 Å². The molecule has 0 heterocycles. The number of rotatable bonds is 37. The third-order valence-electron chi connectivity index (χ3n) is 12.0. The van der Waals surface area contributed by atoms with Crippen LogP contribution in [0.4, 0.5) is 0 Å². The highest BCUT2D eigenvalue weighted by Crippen LogP contribution is 2.14. The highest BCUT2D eigenvalue weighted by molar-refractivity contribution is 5.99. The van der Waals surface area contributed by atoms with Crippen LogP contribution >= 0.6 is 0 Å². The summed E-state index contributed by atoms with van der Waals surface area (Å²) in [4.78, 5) is 169. The smallest absolute Gasteiger partial charge is 0.328 e. The van der Waals surface area contributed by atoms with E-state index >= 15 is 0 Å². The van der Waals surface area contributed by atoms with E-state index < -0.39 is 194 Å². The van der Waals surface area contributed by atoms with E-state index in [0.717, 1.165) is 6.92 Å². The molecule has 0 fully saturated rings. The number of carboxylic acids is 2. The van der Waals surface area contributed by atoms with E-state index in [1.807, 2.05) is 0 Å². The van der Waals surface area contributed by atoms with Crippen LogP contribution < -0.4 is 70.4 Å². The number of nitrogens with two attached hydrogens (primary N) is 3. The lowest BCUT2D eigenvalue weighted by Crippen LogP contribution is -2.61. The van der Waals surface area contributed by atoms with Gasteiger partial charge in [-0.1, -0.05) is 46.2 Å². The maximum absolute atomic E-state index is 13.8. The molecule has 0 aliphatic heterocycles. The number of nitrogens with one attached hydrogen (secondary N) is 10. The standard InChI is InChI=1S/C49H79N13O19/c1-22(2)37(61-44(75)31(18-34(52)67)56-42(73)29(14-15-36(69)70)55-45(76)32(20-63)58-40(71)24(5)54-41(72)28(51)9-7-8-16-50)46(77)53-19-35(68)60-39(25(6)65)48(79)57-30(17-26-10-12-27(66)13-11-26)43(74)62-38(23(3)4)47(78)59-33(21-64)49(80)81/h10-13,22-25,28-33,37-39,63-66H,7-9,14-21,50-51H2,1-6H3,(H2,52,67)(H,53,77)(H,54,72)(H,55,76)(H,56,73)(H,57,79)(H,58,71)(H,59,78)(H,60,68)(H,61,75)(H,62,74)(H,69,70)(H,80,81)/t24-,25+,28-,29-,30-,31-,32-,33-,37-,38-,39-/m0/s1. The number of carbonyl (C=O) groups is 13. The normalized spacial score (nSPS) is 15.2. The van der Waals surface area contributed by atoms with Crippen molar-refractivity contribution in [1.29, 1.82) is 0 Å². The van der Waals surface area contributed by atoms with E-state index in [1.165, 1.54) is 58.9 Å². The first-order valence-electron chi connectivity index (χ1n) is 25.7. The van der Waals surface area contributed by atoms with Gasteiger partial charge in [0.05, 0.1) is 38.3 Å². The summed E-state index contributed by atoms with van der Waals surface area (Å²) in [6, 6.07) is -10.4. The maximum Gasteiger partial charge on any atom is 0.328 e. The number of aliphatic hydroxyl groups excluding tert-OH is 3. The fourth-order valence-electron chi connectivity index (χ4n) is 7.28. The molecular weight excluding hydrogens is 1070 g/mol. The number of hydrogen-bond donors (Lipinski definition) is 19. The Balaban J connectivity index is 3.25. The maximum atomic E-state index is 13.8. The first-order chi connectivity index (χ1) is 37.9. The van der Waals surface area contributed by atoms with Gasteiger partial charge >= 0.3 is 11.9 Å². The predicted octanol–water partition coefficient (Wildman–Crippen LogP) is -7.61. The van der Waals surface area contributed by atoms with Gasteiger partial charge in [0.1, 0.15) is 60.1 Å². The number of amides is 11. The van der Waals surface area contributed by atoms with Gasteiger partial charge in [0, 0.05) is 12.8 Å². The van der Waals surface area contributed by atoms with Crippen molar-refractivity contribution in [2.24, 2.45) is 29.0 Å². The summed E-state index contributed by atoms with van der Waals surface area (Å²) >= 11 is 0. The van der Waals surface area contributed by atoms with Crippen LogP contribution in [-0.2, 0) is 68.7 Å². The number of hydrogen-bond acceptors (Lipinski definition) is 19. The first-order valence-corrected chi connectivity index (χ1v) is 25.7. The molecule has 32 nitrogen and oxygen atoms in total. The molecule has 0 aromatic heterocycles. The summed E-state index contributed by atoms with van der Waals surface area (Å²) in [5.74, 6) is -16.4. The van der Waals surface area contributed by atoms with Crippen LogP contribution in [0.2, 0.25) is 0 Å². The number of carbonyl (C=O) groups excluding carboxylic acids is 11. The zero-order valence-electron chi connectivity index (χ0n) is 45.8. The van der Waals surface area contributed by atoms with Gasteiger partial charge in [-0.25, -0.2) is 4.79 Å². The van der Waals surface area contributed by atoms with Crippen molar-refractivity contribution in [2.75, 3.05) is 26.3 Å². The molecule has 0 saturated heterocycles. The average Bonchev–Trinajstić information content (AvgIpc) is 3.38. The van der Waals surface area contributed by atoms with Crippen LogP contribution in [-0.4, -0.2) is 200 Å². The summed E-state index contributed by atoms with van der Waals surface area (Å²) in [5, 5.41) is 81.1. The second-order valence-electron chi connectivity index (χ2n) is 19.6. The number of phenolic OH excluding ortho intramolecular Hbond substituents is 1. The molecule has 454 valence electrons. The molecule has 1 aromatic rings. The van der Waals surface area contributed by atoms with E-state index in [9.17, 15) is 93.0 Å². The number of benzene rings is 1. The molecule has 0 saturated carbocycles. The Kier molecular flexibility index (Phi) is 31.1. The van der Waals surface area contributed by atoms with Gasteiger partial charge in [-0.15, -0.1) is 0 Å². The number of primary amides is 1. The monoisotopic (exact) mass is 1150 g/mol. The minimum atomic E-state index is -1.90. The number of carboxylic acid groups (broad SMARTS) is 2. The fourth-order valence-corrected chi connectivity index (χ4v) is 7.28. The summed E-state index contributed by atoms with van der Waals surface area (Å²) in [6.45, 7) is 5.71. The van der Waals surface area contributed by atoms with Crippen LogP contribution in [0.1, 0.15) is 85.6 Å². The topological polar surface area (TPSA) is 542 Å². The van der Waals surface area contributed by atoms with Crippen LogP contribution in [0.5, 0.6) is 5.75 Å². The van der Waals surface area contributed by atoms with Gasteiger partial charge in [-0.05, 0) is 69.2 Å². The second kappa shape index (κ2) is 35.5. The molecule has 0 aliphatic rings. The molecule has 1 rings (SSSR count). The Morgan fingerprint density at radius 2 is 1.01 bits per heavy atom. The Labute approximate surface area is 466 Å². The Morgan fingerprint density at radius 1 is 0.531 bits per heavy atom. The second-order valence-corrected chi connectivity index (χ2v) is 19.6. The number of aliphatic hydroxyl groups is 3. The lowest BCUT2D eigenvalue weighted by Gasteiger charge is -2.28. The van der Waals surface area contributed by atoms with E-state index in [1.54, 1.807) is 0 Å². The molecule has 32 heteroatoms. The van der Waals surface area contributed by atoms with E-state index in [-0.39, 0.29) is 18.6 Å². The van der Waals surface area contributed by atoms with Gasteiger partial charge in [-0.2, -0.15) is 0 Å². The highest BCUT2D eigenvalue weighted by atomic mass is 16.4. The highest BCUT2D eigenvalue weighted by Gasteiger charge is 2.37. The lowest BCUT2D eigenvalue weighted by molar-refractivity contribution is -0.143. The minimum Gasteiger partial charge on any atom is -0.508 e. The van der Waals surface area contributed by atoms with Crippen molar-refractivity contribution in [3.8, 4) is 5.75 Å². The molecule has 0 radical (unpaired) electrons. The molecule has 11 amide bonds. The first kappa shape index (κ1) is 70.9.